The molecule has 2 aromatic rings. The monoisotopic (exact) mass is 406 g/mol. The number of nitrogens with zero attached hydrogens (tertiary/aromatic N) is 1. The summed E-state index contributed by atoms with van der Waals surface area (Å²) in [6, 6.07) is 14.9. The number of nitriles is 1. The van der Waals surface area contributed by atoms with E-state index in [1.54, 1.807) is 12.1 Å². The highest BCUT2D eigenvalue weighted by Gasteiger charge is 2.06. The maximum Gasteiger partial charge on any atom is 0.134 e. The van der Waals surface area contributed by atoms with E-state index in [-0.39, 0.29) is 10.6 Å². The molecule has 2 rings (SSSR count). The number of benzene rings is 2. The molecule has 0 bridgehead atoms. The molecule has 0 aliphatic rings. The van der Waals surface area contributed by atoms with Gasteiger partial charge >= 0.3 is 0 Å². The first-order chi connectivity index (χ1) is 11.0. The minimum atomic E-state index is 0.0719. The maximum atomic E-state index is 8.98. The zero-order valence-corrected chi connectivity index (χ0v) is 15.1. The van der Waals surface area contributed by atoms with Crippen molar-refractivity contribution >= 4 is 50.8 Å². The van der Waals surface area contributed by atoms with Crippen LogP contribution in [0.2, 0.25) is 5.02 Å². The van der Waals surface area contributed by atoms with Gasteiger partial charge in [0.25, 0.3) is 0 Å². The van der Waals surface area contributed by atoms with Crippen LogP contribution in [0.3, 0.4) is 0 Å². The predicted molar refractivity (Wildman–Crippen MR) is 100 cm³/mol. The van der Waals surface area contributed by atoms with Crippen molar-refractivity contribution in [3.63, 3.8) is 0 Å². The van der Waals surface area contributed by atoms with Gasteiger partial charge in [0.15, 0.2) is 0 Å². The van der Waals surface area contributed by atoms with Crippen molar-refractivity contribution in [1.82, 2.24) is 0 Å². The quantitative estimate of drug-likeness (QED) is 0.436. The average Bonchev–Trinajstić information content (AvgIpc) is 2.53. The molecule has 0 spiro atoms. The Morgan fingerprint density at radius 2 is 2.09 bits per heavy atom. The molecule has 23 heavy (non-hydrogen) atoms. The van der Waals surface area contributed by atoms with E-state index in [1.165, 1.54) is 0 Å². The van der Waals surface area contributed by atoms with Crippen molar-refractivity contribution in [3.8, 4) is 11.8 Å². The number of hydrogen-bond donors (Lipinski definition) is 1. The van der Waals surface area contributed by atoms with Gasteiger partial charge in [-0.3, -0.25) is 0 Å². The summed E-state index contributed by atoms with van der Waals surface area (Å²) >= 11 is 14.4. The molecule has 0 heterocycles. The fourth-order valence-electron chi connectivity index (χ4n) is 1.82. The third-order valence-corrected chi connectivity index (χ3v) is 4.20. The Kier molecular flexibility index (Phi) is 6.17. The van der Waals surface area contributed by atoms with Gasteiger partial charge in [0.2, 0.25) is 0 Å². The van der Waals surface area contributed by atoms with Crippen molar-refractivity contribution in [2.75, 3.05) is 0 Å². The standard InChI is InChI=1S/C17H12BrClN2OS/c18-14-8-11(7-13(9-20)17(21)23)5-6-16(14)22-10-12-3-1-2-4-15(12)19/h1-8H,10H2,(H2,21,23)/b13-7+. The van der Waals surface area contributed by atoms with Crippen LogP contribution in [0.15, 0.2) is 52.5 Å². The summed E-state index contributed by atoms with van der Waals surface area (Å²) in [6.07, 6.45) is 1.63. The van der Waals surface area contributed by atoms with Gasteiger partial charge in [0.05, 0.1) is 10.0 Å². The van der Waals surface area contributed by atoms with Gasteiger partial charge in [-0.15, -0.1) is 0 Å². The lowest BCUT2D eigenvalue weighted by Crippen LogP contribution is -2.09. The molecule has 2 N–H and O–H groups in total. The van der Waals surface area contributed by atoms with Crippen LogP contribution >= 0.6 is 39.7 Å². The average molecular weight is 408 g/mol. The van der Waals surface area contributed by atoms with Crippen molar-refractivity contribution in [3.05, 3.63) is 68.7 Å². The third-order valence-electron chi connectivity index (χ3n) is 2.99. The minimum Gasteiger partial charge on any atom is -0.488 e. The number of hydrogen-bond acceptors (Lipinski definition) is 3. The molecule has 0 atom stereocenters. The van der Waals surface area contributed by atoms with E-state index < -0.39 is 0 Å². The molecule has 0 saturated heterocycles. The Labute approximate surface area is 153 Å². The summed E-state index contributed by atoms with van der Waals surface area (Å²) in [7, 11) is 0. The predicted octanol–water partition coefficient (Wildman–Crippen LogP) is 4.87. The van der Waals surface area contributed by atoms with E-state index >= 15 is 0 Å². The van der Waals surface area contributed by atoms with E-state index in [4.69, 9.17) is 39.6 Å². The lowest BCUT2D eigenvalue weighted by molar-refractivity contribution is 0.304. The number of ether oxygens (including phenoxy) is 1. The third kappa shape index (κ3) is 4.80. The second-order valence-corrected chi connectivity index (χ2v) is 6.31. The van der Waals surface area contributed by atoms with Gasteiger partial charge in [0, 0.05) is 10.6 Å². The van der Waals surface area contributed by atoms with Crippen molar-refractivity contribution < 1.29 is 4.74 Å². The summed E-state index contributed by atoms with van der Waals surface area (Å²) in [5, 5.41) is 9.65. The van der Waals surface area contributed by atoms with Crippen LogP contribution in [-0.4, -0.2) is 4.99 Å². The highest BCUT2D eigenvalue weighted by molar-refractivity contribution is 9.10. The van der Waals surface area contributed by atoms with Gasteiger partial charge in [-0.05, 0) is 45.8 Å². The minimum absolute atomic E-state index is 0.0719. The first kappa shape index (κ1) is 17.5. The smallest absolute Gasteiger partial charge is 0.134 e. The number of rotatable bonds is 5. The molecule has 0 aliphatic heterocycles. The van der Waals surface area contributed by atoms with Crippen LogP contribution in [0.5, 0.6) is 5.75 Å². The van der Waals surface area contributed by atoms with Crippen LogP contribution < -0.4 is 10.5 Å². The van der Waals surface area contributed by atoms with E-state index in [1.807, 2.05) is 42.5 Å². The summed E-state index contributed by atoms with van der Waals surface area (Å²) in [4.78, 5) is 0.0719. The largest absolute Gasteiger partial charge is 0.488 e. The number of halogens is 2. The lowest BCUT2D eigenvalue weighted by atomic mass is 10.1. The SMILES string of the molecule is N#C/C(=C\c1ccc(OCc2ccccc2Cl)c(Br)c1)C(N)=S. The Morgan fingerprint density at radius 3 is 2.70 bits per heavy atom. The molecule has 116 valence electrons. The fraction of sp³-hybridized carbons (Fsp3) is 0.0588. The lowest BCUT2D eigenvalue weighted by Gasteiger charge is -2.10. The van der Waals surface area contributed by atoms with Crippen LogP contribution in [0.1, 0.15) is 11.1 Å². The summed E-state index contributed by atoms with van der Waals surface area (Å²) in [5.74, 6) is 0.677. The van der Waals surface area contributed by atoms with Gasteiger partial charge in [-0.2, -0.15) is 5.26 Å². The molecule has 0 saturated carbocycles. The highest BCUT2D eigenvalue weighted by Crippen LogP contribution is 2.28. The zero-order chi connectivity index (χ0) is 16.8. The van der Waals surface area contributed by atoms with Crippen LogP contribution in [0, 0.1) is 11.3 Å². The Hall–Kier alpha value is -1.87. The molecule has 6 heteroatoms. The first-order valence-corrected chi connectivity index (χ1v) is 8.16. The normalized spacial score (nSPS) is 10.9. The Balaban J connectivity index is 2.16. The maximum absolute atomic E-state index is 8.98. The highest BCUT2D eigenvalue weighted by atomic mass is 79.9. The van der Waals surface area contributed by atoms with E-state index in [0.717, 1.165) is 15.6 Å². The van der Waals surface area contributed by atoms with E-state index in [0.29, 0.717) is 17.4 Å². The summed E-state index contributed by atoms with van der Waals surface area (Å²) in [5.41, 5.74) is 7.45. The van der Waals surface area contributed by atoms with Crippen molar-refractivity contribution in [2.45, 2.75) is 6.61 Å². The zero-order valence-electron chi connectivity index (χ0n) is 11.9. The molecule has 0 aromatic heterocycles. The molecule has 0 amide bonds. The second kappa shape index (κ2) is 8.11. The van der Waals surface area contributed by atoms with Crippen LogP contribution in [0.4, 0.5) is 0 Å². The number of thiocarbonyl (C=S) groups is 1. The summed E-state index contributed by atoms with van der Waals surface area (Å²) in [6.45, 7) is 0.365. The van der Waals surface area contributed by atoms with Crippen LogP contribution in [-0.2, 0) is 6.61 Å². The van der Waals surface area contributed by atoms with E-state index in [9.17, 15) is 0 Å². The molecule has 0 unspecified atom stereocenters. The first-order valence-electron chi connectivity index (χ1n) is 6.58. The van der Waals surface area contributed by atoms with Gasteiger partial charge in [-0.25, -0.2) is 0 Å². The molecular formula is C17H12BrClN2OS. The number of nitrogens with two attached hydrogens (primary N) is 1. The Bertz CT molecular complexity index is 814. The Morgan fingerprint density at radius 1 is 1.35 bits per heavy atom. The fourth-order valence-corrected chi connectivity index (χ4v) is 2.63. The molecule has 0 aliphatic carbocycles. The van der Waals surface area contributed by atoms with Crippen molar-refractivity contribution in [1.29, 1.82) is 5.26 Å². The van der Waals surface area contributed by atoms with Crippen molar-refractivity contribution in [2.24, 2.45) is 5.73 Å². The topological polar surface area (TPSA) is 59.0 Å². The molecule has 0 radical (unpaired) electrons. The van der Waals surface area contributed by atoms with Gasteiger partial charge in [0.1, 0.15) is 23.4 Å². The molecule has 0 fully saturated rings. The van der Waals surface area contributed by atoms with E-state index in [2.05, 4.69) is 15.9 Å². The van der Waals surface area contributed by atoms with Gasteiger partial charge < -0.3 is 10.5 Å². The van der Waals surface area contributed by atoms with Gasteiger partial charge in [-0.1, -0.05) is 48.1 Å². The summed E-state index contributed by atoms with van der Waals surface area (Å²) < 4.78 is 6.53. The molecular weight excluding hydrogens is 396 g/mol. The van der Waals surface area contributed by atoms with Crippen LogP contribution in [0.25, 0.3) is 6.08 Å². The molecule has 2 aromatic carbocycles. The second-order valence-electron chi connectivity index (χ2n) is 4.60. The molecule has 3 nitrogen and oxygen atoms in total.